The van der Waals surface area contributed by atoms with Gasteiger partial charge in [0.2, 0.25) is 0 Å². The number of carbonyl (C=O) groups excluding carboxylic acids is 2. The van der Waals surface area contributed by atoms with Crippen molar-refractivity contribution < 1.29 is 19.1 Å². The van der Waals surface area contributed by atoms with Crippen molar-refractivity contribution in [2.75, 3.05) is 13.7 Å². The van der Waals surface area contributed by atoms with Crippen LogP contribution in [0, 0.1) is 0 Å². The molecule has 2 aliphatic heterocycles. The first kappa shape index (κ1) is 26.5. The molecule has 5 nitrogen and oxygen atoms in total. The van der Waals surface area contributed by atoms with E-state index >= 15 is 0 Å². The van der Waals surface area contributed by atoms with Gasteiger partial charge >= 0.3 is 11.9 Å². The Morgan fingerprint density at radius 3 is 2.35 bits per heavy atom. The molecule has 0 aromatic heterocycles. The predicted molar refractivity (Wildman–Crippen MR) is 136 cm³/mol. The monoisotopic (exact) mass is 469 g/mol. The van der Waals surface area contributed by atoms with Crippen molar-refractivity contribution >= 4 is 11.9 Å². The highest BCUT2D eigenvalue weighted by Gasteiger charge is 2.40. The second-order valence-electron chi connectivity index (χ2n) is 9.94. The van der Waals surface area contributed by atoms with Crippen LogP contribution < -0.4 is 0 Å². The fraction of sp³-hybridized carbons (Fsp3) is 0.655. The van der Waals surface area contributed by atoms with Gasteiger partial charge in [-0.3, -0.25) is 9.59 Å². The summed E-state index contributed by atoms with van der Waals surface area (Å²) in [4.78, 5) is 27.9. The highest BCUT2D eigenvalue weighted by Crippen LogP contribution is 2.36. The van der Waals surface area contributed by atoms with E-state index in [2.05, 4.69) is 31.0 Å². The Labute approximate surface area is 205 Å². The van der Waals surface area contributed by atoms with Gasteiger partial charge in [-0.1, -0.05) is 68.7 Å². The van der Waals surface area contributed by atoms with Gasteiger partial charge < -0.3 is 14.4 Å². The predicted octanol–water partition coefficient (Wildman–Crippen LogP) is 6.18. The number of benzene rings is 1. The zero-order valence-corrected chi connectivity index (χ0v) is 21.1. The van der Waals surface area contributed by atoms with E-state index in [4.69, 9.17) is 9.47 Å². The molecule has 2 unspecified atom stereocenters. The molecule has 0 saturated carbocycles. The van der Waals surface area contributed by atoms with E-state index < -0.39 is 5.92 Å². The maximum atomic E-state index is 13.1. The molecule has 0 N–H and O–H groups in total. The molecule has 4 atom stereocenters. The van der Waals surface area contributed by atoms with Gasteiger partial charge in [-0.05, 0) is 64.0 Å². The van der Waals surface area contributed by atoms with E-state index in [0.717, 1.165) is 37.7 Å². The molecule has 0 amide bonds. The molecule has 5 heteroatoms. The summed E-state index contributed by atoms with van der Waals surface area (Å²) in [6.07, 6.45) is 16.7. The number of rotatable bonds is 14. The molecule has 1 aromatic rings. The Balaban J connectivity index is 1.42. The normalized spacial score (nSPS) is 23.2. The summed E-state index contributed by atoms with van der Waals surface area (Å²) in [5.74, 6) is -1.10. The van der Waals surface area contributed by atoms with Crippen molar-refractivity contribution in [3.63, 3.8) is 0 Å². The van der Waals surface area contributed by atoms with Crippen LogP contribution in [0.1, 0.15) is 95.5 Å². The first-order valence-corrected chi connectivity index (χ1v) is 13.4. The molecule has 2 fully saturated rings. The van der Waals surface area contributed by atoms with Crippen molar-refractivity contribution in [2.24, 2.45) is 0 Å². The zero-order chi connectivity index (χ0) is 24.2. The number of fused-ring (bicyclic) bond motifs is 2. The largest absolute Gasteiger partial charge is 0.464 e. The molecule has 2 aliphatic rings. The SMILES string of the molecule is CCCCCCC=CCCCC(=O)OCC(C(=O)OC1C[C@H]2CC[C@@H](C1)N2C)c1ccccc1. The van der Waals surface area contributed by atoms with Gasteiger partial charge in [0, 0.05) is 18.5 Å². The third-order valence-corrected chi connectivity index (χ3v) is 7.38. The van der Waals surface area contributed by atoms with E-state index in [1.165, 1.54) is 38.5 Å². The Morgan fingerprint density at radius 2 is 1.68 bits per heavy atom. The van der Waals surface area contributed by atoms with Gasteiger partial charge in [0.05, 0.1) is 0 Å². The van der Waals surface area contributed by atoms with Crippen LogP contribution in [0.15, 0.2) is 42.5 Å². The molecule has 0 spiro atoms. The van der Waals surface area contributed by atoms with Crippen molar-refractivity contribution in [1.82, 2.24) is 4.90 Å². The van der Waals surface area contributed by atoms with Gasteiger partial charge in [0.25, 0.3) is 0 Å². The van der Waals surface area contributed by atoms with E-state index in [-0.39, 0.29) is 24.6 Å². The van der Waals surface area contributed by atoms with Crippen molar-refractivity contribution in [2.45, 2.75) is 108 Å². The number of allylic oxidation sites excluding steroid dienone is 2. The molecule has 3 rings (SSSR count). The number of piperidine rings is 1. The van der Waals surface area contributed by atoms with E-state index in [1.54, 1.807) is 0 Å². The van der Waals surface area contributed by atoms with Crippen molar-refractivity contribution in [1.29, 1.82) is 0 Å². The number of carbonyl (C=O) groups is 2. The molecular formula is C29H43NO4. The van der Waals surface area contributed by atoms with Gasteiger partial charge in [-0.2, -0.15) is 0 Å². The molecule has 2 heterocycles. The number of esters is 2. The Morgan fingerprint density at radius 1 is 1.00 bits per heavy atom. The van der Waals surface area contributed by atoms with Crippen molar-refractivity contribution in [3.05, 3.63) is 48.0 Å². The minimum Gasteiger partial charge on any atom is -0.464 e. The number of ether oxygens (including phenoxy) is 2. The lowest BCUT2D eigenvalue weighted by Crippen LogP contribution is -2.44. The highest BCUT2D eigenvalue weighted by atomic mass is 16.6. The van der Waals surface area contributed by atoms with Crippen LogP contribution in [0.2, 0.25) is 0 Å². The van der Waals surface area contributed by atoms with E-state index in [1.807, 2.05) is 30.3 Å². The highest BCUT2D eigenvalue weighted by molar-refractivity contribution is 5.79. The topological polar surface area (TPSA) is 55.8 Å². The Bertz CT molecular complexity index is 764. The lowest BCUT2D eigenvalue weighted by Gasteiger charge is -2.36. The van der Waals surface area contributed by atoms with Crippen molar-refractivity contribution in [3.8, 4) is 0 Å². The fourth-order valence-corrected chi connectivity index (χ4v) is 5.23. The molecule has 34 heavy (non-hydrogen) atoms. The average Bonchev–Trinajstić information content (AvgIpc) is 3.04. The van der Waals surface area contributed by atoms with Crippen LogP contribution in [-0.2, 0) is 19.1 Å². The first-order valence-electron chi connectivity index (χ1n) is 13.4. The van der Waals surface area contributed by atoms with Crippen LogP contribution in [0.5, 0.6) is 0 Å². The number of unbranched alkanes of at least 4 members (excludes halogenated alkanes) is 5. The third kappa shape index (κ3) is 8.26. The summed E-state index contributed by atoms with van der Waals surface area (Å²) < 4.78 is 11.5. The number of nitrogens with zero attached hydrogens (tertiary/aromatic N) is 1. The molecule has 188 valence electrons. The third-order valence-electron chi connectivity index (χ3n) is 7.38. The molecule has 1 aromatic carbocycles. The zero-order valence-electron chi connectivity index (χ0n) is 21.1. The summed E-state index contributed by atoms with van der Waals surface area (Å²) in [6, 6.07) is 10.6. The standard InChI is InChI=1S/C29H43NO4/c1-3-4-5-6-7-8-9-10-14-17-28(31)33-22-27(23-15-12-11-13-16-23)29(32)34-26-20-24-18-19-25(21-26)30(24)2/h8-9,11-13,15-16,24-27H,3-7,10,14,17-22H2,1-2H3/t24-,25+,26?,27?. The first-order chi connectivity index (χ1) is 16.6. The van der Waals surface area contributed by atoms with Gasteiger partial charge in [0.1, 0.15) is 18.6 Å². The summed E-state index contributed by atoms with van der Waals surface area (Å²) >= 11 is 0. The van der Waals surface area contributed by atoms with Crippen LogP contribution in [-0.4, -0.2) is 48.7 Å². The summed E-state index contributed by atoms with van der Waals surface area (Å²) in [7, 11) is 2.18. The minimum absolute atomic E-state index is 0.0361. The van der Waals surface area contributed by atoms with Crippen LogP contribution >= 0.6 is 0 Å². The summed E-state index contributed by atoms with van der Waals surface area (Å²) in [6.45, 7) is 2.26. The minimum atomic E-state index is -0.578. The maximum Gasteiger partial charge on any atom is 0.317 e. The smallest absolute Gasteiger partial charge is 0.317 e. The van der Waals surface area contributed by atoms with Crippen LogP contribution in [0.3, 0.4) is 0 Å². The van der Waals surface area contributed by atoms with Crippen LogP contribution in [0.25, 0.3) is 0 Å². The number of hydrogen-bond acceptors (Lipinski definition) is 5. The maximum absolute atomic E-state index is 13.1. The van der Waals surface area contributed by atoms with Crippen LogP contribution in [0.4, 0.5) is 0 Å². The van der Waals surface area contributed by atoms with E-state index in [9.17, 15) is 9.59 Å². The Kier molecular flexibility index (Phi) is 11.1. The average molecular weight is 470 g/mol. The molecule has 2 bridgehead atoms. The molecule has 0 radical (unpaired) electrons. The number of hydrogen-bond donors (Lipinski definition) is 0. The summed E-state index contributed by atoms with van der Waals surface area (Å²) in [5, 5.41) is 0. The van der Waals surface area contributed by atoms with Gasteiger partial charge in [0.15, 0.2) is 0 Å². The fourth-order valence-electron chi connectivity index (χ4n) is 5.23. The Hall–Kier alpha value is -2.14. The van der Waals surface area contributed by atoms with E-state index in [0.29, 0.717) is 18.5 Å². The second-order valence-corrected chi connectivity index (χ2v) is 9.94. The lowest BCUT2D eigenvalue weighted by molar-refractivity contribution is -0.157. The van der Waals surface area contributed by atoms with Gasteiger partial charge in [-0.25, -0.2) is 0 Å². The quantitative estimate of drug-likeness (QED) is 0.185. The summed E-state index contributed by atoms with van der Waals surface area (Å²) in [5.41, 5.74) is 0.835. The molecule has 2 saturated heterocycles. The molecular weight excluding hydrogens is 426 g/mol. The van der Waals surface area contributed by atoms with Gasteiger partial charge in [-0.15, -0.1) is 0 Å². The second kappa shape index (κ2) is 14.3. The molecule has 0 aliphatic carbocycles. The lowest BCUT2D eigenvalue weighted by atomic mass is 9.98.